The van der Waals surface area contributed by atoms with Crippen LogP contribution in [0.4, 0.5) is 9.59 Å². The van der Waals surface area contributed by atoms with E-state index in [9.17, 15) is 9.59 Å². The van der Waals surface area contributed by atoms with Crippen LogP contribution in [0.5, 0.6) is 0 Å². The third-order valence-electron chi connectivity index (χ3n) is 2.38. The van der Waals surface area contributed by atoms with E-state index in [1.165, 1.54) is 7.05 Å². The van der Waals surface area contributed by atoms with Gasteiger partial charge in [-0.2, -0.15) is 0 Å². The van der Waals surface area contributed by atoms with Crippen molar-refractivity contribution >= 4 is 23.7 Å². The molecule has 0 radical (unpaired) electrons. The van der Waals surface area contributed by atoms with Crippen molar-refractivity contribution in [3.05, 3.63) is 34.9 Å². The van der Waals surface area contributed by atoms with Gasteiger partial charge in [0.2, 0.25) is 0 Å². The van der Waals surface area contributed by atoms with Crippen molar-refractivity contribution in [1.82, 2.24) is 15.5 Å². The largest absolute Gasteiger partial charge is 0.341 e. The van der Waals surface area contributed by atoms with E-state index in [4.69, 9.17) is 11.6 Å². The molecule has 0 atom stereocenters. The lowest BCUT2D eigenvalue weighted by Gasteiger charge is -2.18. The van der Waals surface area contributed by atoms with Crippen LogP contribution in [-0.4, -0.2) is 30.6 Å². The molecule has 0 spiro atoms. The summed E-state index contributed by atoms with van der Waals surface area (Å²) in [5.74, 6) is 0. The molecule has 6 heteroatoms. The minimum Gasteiger partial charge on any atom is -0.341 e. The molecule has 1 rings (SSSR count). The van der Waals surface area contributed by atoms with Gasteiger partial charge in [0.15, 0.2) is 0 Å². The van der Waals surface area contributed by atoms with Crippen molar-refractivity contribution in [3.63, 3.8) is 0 Å². The topological polar surface area (TPSA) is 61.4 Å². The van der Waals surface area contributed by atoms with E-state index in [0.29, 0.717) is 18.1 Å². The van der Waals surface area contributed by atoms with Gasteiger partial charge in [-0.1, -0.05) is 23.7 Å². The fourth-order valence-electron chi connectivity index (χ4n) is 1.39. The second kappa shape index (κ2) is 6.86. The molecule has 0 saturated carbocycles. The number of imide groups is 1. The number of benzene rings is 1. The van der Waals surface area contributed by atoms with Crippen molar-refractivity contribution in [2.75, 3.05) is 13.6 Å². The van der Waals surface area contributed by atoms with Gasteiger partial charge >= 0.3 is 12.1 Å². The van der Waals surface area contributed by atoms with Crippen molar-refractivity contribution in [2.45, 2.75) is 13.5 Å². The van der Waals surface area contributed by atoms with E-state index in [1.807, 2.05) is 12.1 Å². The standard InChI is InChI=1S/C12H16ClN3O2/c1-3-16(11(17)14-2)12(18)15-8-9-4-6-10(13)7-5-9/h4-7H,3,8H2,1-2H3,(H,14,17)(H,15,18). The van der Waals surface area contributed by atoms with Crippen LogP contribution in [0.15, 0.2) is 24.3 Å². The quantitative estimate of drug-likeness (QED) is 0.884. The Balaban J connectivity index is 2.54. The number of nitrogens with zero attached hydrogens (tertiary/aromatic N) is 1. The predicted octanol–water partition coefficient (Wildman–Crippen LogP) is 2.21. The molecule has 4 amide bonds. The molecule has 1 aromatic carbocycles. The zero-order valence-electron chi connectivity index (χ0n) is 10.4. The van der Waals surface area contributed by atoms with Crippen LogP contribution in [0.25, 0.3) is 0 Å². The summed E-state index contributed by atoms with van der Waals surface area (Å²) in [7, 11) is 1.48. The second-order valence-corrected chi connectivity index (χ2v) is 4.02. The molecule has 0 aliphatic heterocycles. The van der Waals surface area contributed by atoms with Crippen LogP contribution >= 0.6 is 11.6 Å². The highest BCUT2D eigenvalue weighted by Crippen LogP contribution is 2.09. The summed E-state index contributed by atoms with van der Waals surface area (Å²) < 4.78 is 0. The molecular formula is C12H16ClN3O2. The zero-order chi connectivity index (χ0) is 13.5. The summed E-state index contributed by atoms with van der Waals surface area (Å²) in [6.45, 7) is 2.40. The van der Waals surface area contributed by atoms with Crippen molar-refractivity contribution in [3.8, 4) is 0 Å². The van der Waals surface area contributed by atoms with Crippen LogP contribution in [0, 0.1) is 0 Å². The Hall–Kier alpha value is -1.75. The van der Waals surface area contributed by atoms with Gasteiger partial charge in [0.1, 0.15) is 0 Å². The first-order valence-corrected chi connectivity index (χ1v) is 5.97. The molecule has 0 bridgehead atoms. The summed E-state index contributed by atoms with van der Waals surface area (Å²) in [6, 6.07) is 6.29. The Kier molecular flexibility index (Phi) is 5.45. The van der Waals surface area contributed by atoms with E-state index >= 15 is 0 Å². The summed E-state index contributed by atoms with van der Waals surface area (Å²) in [6.07, 6.45) is 0. The summed E-state index contributed by atoms with van der Waals surface area (Å²) in [5, 5.41) is 5.72. The maximum Gasteiger partial charge on any atom is 0.325 e. The van der Waals surface area contributed by atoms with E-state index in [2.05, 4.69) is 10.6 Å². The first-order chi connectivity index (χ1) is 8.58. The van der Waals surface area contributed by atoms with Gasteiger partial charge in [-0.25, -0.2) is 14.5 Å². The Morgan fingerprint density at radius 1 is 1.22 bits per heavy atom. The molecule has 2 N–H and O–H groups in total. The number of hydrogen-bond donors (Lipinski definition) is 2. The summed E-state index contributed by atoms with van der Waals surface area (Å²) in [4.78, 5) is 24.2. The molecule has 0 saturated heterocycles. The highest BCUT2D eigenvalue weighted by Gasteiger charge is 2.17. The van der Waals surface area contributed by atoms with Gasteiger partial charge in [0, 0.05) is 25.2 Å². The van der Waals surface area contributed by atoms with Crippen LogP contribution in [0.3, 0.4) is 0 Å². The normalized spacial score (nSPS) is 9.72. The molecule has 98 valence electrons. The first-order valence-electron chi connectivity index (χ1n) is 5.60. The number of hydrogen-bond acceptors (Lipinski definition) is 2. The highest BCUT2D eigenvalue weighted by atomic mass is 35.5. The van der Waals surface area contributed by atoms with E-state index < -0.39 is 12.1 Å². The Bertz CT molecular complexity index is 420. The number of urea groups is 2. The van der Waals surface area contributed by atoms with Gasteiger partial charge < -0.3 is 10.6 Å². The highest BCUT2D eigenvalue weighted by molar-refractivity contribution is 6.30. The Labute approximate surface area is 111 Å². The Morgan fingerprint density at radius 2 is 1.83 bits per heavy atom. The fraction of sp³-hybridized carbons (Fsp3) is 0.333. The third kappa shape index (κ3) is 3.92. The number of rotatable bonds is 3. The van der Waals surface area contributed by atoms with Gasteiger partial charge in [-0.3, -0.25) is 0 Å². The molecule has 18 heavy (non-hydrogen) atoms. The number of nitrogens with one attached hydrogen (secondary N) is 2. The minimum absolute atomic E-state index is 0.312. The molecule has 1 aromatic rings. The van der Waals surface area contributed by atoms with E-state index in [-0.39, 0.29) is 0 Å². The number of amides is 4. The van der Waals surface area contributed by atoms with E-state index in [0.717, 1.165) is 10.5 Å². The van der Waals surface area contributed by atoms with Crippen LogP contribution in [-0.2, 0) is 6.54 Å². The predicted molar refractivity (Wildman–Crippen MR) is 70.5 cm³/mol. The third-order valence-corrected chi connectivity index (χ3v) is 2.63. The number of carbonyl (C=O) groups excluding carboxylic acids is 2. The van der Waals surface area contributed by atoms with Crippen LogP contribution < -0.4 is 10.6 Å². The molecule has 0 aromatic heterocycles. The number of carbonyl (C=O) groups is 2. The summed E-state index contributed by atoms with van der Waals surface area (Å²) >= 11 is 5.76. The minimum atomic E-state index is -0.425. The van der Waals surface area contributed by atoms with E-state index in [1.54, 1.807) is 19.1 Å². The molecular weight excluding hydrogens is 254 g/mol. The van der Waals surface area contributed by atoms with Gasteiger partial charge in [0.05, 0.1) is 0 Å². The molecule has 0 aliphatic rings. The van der Waals surface area contributed by atoms with Crippen molar-refractivity contribution in [2.24, 2.45) is 0 Å². The molecule has 5 nitrogen and oxygen atoms in total. The average molecular weight is 270 g/mol. The van der Waals surface area contributed by atoms with Gasteiger partial charge in [-0.05, 0) is 24.6 Å². The van der Waals surface area contributed by atoms with Gasteiger partial charge in [0.25, 0.3) is 0 Å². The fourth-order valence-corrected chi connectivity index (χ4v) is 1.52. The second-order valence-electron chi connectivity index (χ2n) is 3.58. The molecule has 0 fully saturated rings. The lowest BCUT2D eigenvalue weighted by molar-refractivity contribution is 0.189. The van der Waals surface area contributed by atoms with Crippen molar-refractivity contribution in [1.29, 1.82) is 0 Å². The maximum absolute atomic E-state index is 11.7. The summed E-state index contributed by atoms with van der Waals surface area (Å²) in [5.41, 5.74) is 0.917. The lowest BCUT2D eigenvalue weighted by Crippen LogP contribution is -2.47. The smallest absolute Gasteiger partial charge is 0.325 e. The number of halogens is 1. The Morgan fingerprint density at radius 3 is 2.33 bits per heavy atom. The monoisotopic (exact) mass is 269 g/mol. The maximum atomic E-state index is 11.7. The first kappa shape index (κ1) is 14.3. The van der Waals surface area contributed by atoms with Crippen molar-refractivity contribution < 1.29 is 9.59 Å². The molecule has 0 unspecified atom stereocenters. The zero-order valence-corrected chi connectivity index (χ0v) is 11.1. The SMILES string of the molecule is CCN(C(=O)NC)C(=O)NCc1ccc(Cl)cc1. The molecule has 0 aliphatic carbocycles. The lowest BCUT2D eigenvalue weighted by atomic mass is 10.2. The average Bonchev–Trinajstić information content (AvgIpc) is 2.38. The van der Waals surface area contributed by atoms with Crippen LogP contribution in [0.2, 0.25) is 5.02 Å². The van der Waals surface area contributed by atoms with Crippen LogP contribution in [0.1, 0.15) is 12.5 Å². The van der Waals surface area contributed by atoms with Gasteiger partial charge in [-0.15, -0.1) is 0 Å². The molecule has 0 heterocycles.